The summed E-state index contributed by atoms with van der Waals surface area (Å²) in [6, 6.07) is 17.5. The Morgan fingerprint density at radius 3 is 2.63 bits per heavy atom. The molecule has 3 aromatic heterocycles. The molecule has 148 valence electrons. The molecule has 5 rings (SSSR count). The van der Waals surface area contributed by atoms with Crippen LogP contribution in [0.4, 0.5) is 5.69 Å². The highest BCUT2D eigenvalue weighted by Crippen LogP contribution is 2.23. The van der Waals surface area contributed by atoms with Crippen LogP contribution in [0.15, 0.2) is 67.0 Å². The van der Waals surface area contributed by atoms with Crippen molar-refractivity contribution in [1.82, 2.24) is 24.7 Å². The maximum Gasteiger partial charge on any atom is 0.257 e. The van der Waals surface area contributed by atoms with Crippen LogP contribution in [0.3, 0.4) is 0 Å². The minimum Gasteiger partial charge on any atom is -0.338 e. The molecule has 3 heterocycles. The third-order valence-electron chi connectivity index (χ3n) is 4.99. The zero-order valence-electron chi connectivity index (χ0n) is 16.6. The first kappa shape index (κ1) is 18.1. The number of hydrogen-bond acceptors (Lipinski definition) is 4. The van der Waals surface area contributed by atoms with E-state index in [4.69, 9.17) is 0 Å². The zero-order valence-corrected chi connectivity index (χ0v) is 16.6. The highest BCUT2D eigenvalue weighted by Gasteiger charge is 2.12. The van der Waals surface area contributed by atoms with Crippen molar-refractivity contribution in [2.45, 2.75) is 19.9 Å². The van der Waals surface area contributed by atoms with E-state index < -0.39 is 0 Å². The first-order valence-electron chi connectivity index (χ1n) is 9.78. The van der Waals surface area contributed by atoms with Crippen LogP contribution < -0.4 is 5.32 Å². The molecule has 2 N–H and O–H groups in total. The molecule has 0 bridgehead atoms. The van der Waals surface area contributed by atoms with Gasteiger partial charge in [0.15, 0.2) is 5.65 Å². The Hall–Kier alpha value is -4.00. The second-order valence-electron chi connectivity index (χ2n) is 7.45. The summed E-state index contributed by atoms with van der Waals surface area (Å²) < 4.78 is 1.84. The second kappa shape index (κ2) is 7.11. The summed E-state index contributed by atoms with van der Waals surface area (Å²) in [5.41, 5.74) is 4.84. The fourth-order valence-electron chi connectivity index (χ4n) is 3.45. The summed E-state index contributed by atoms with van der Waals surface area (Å²) in [6.07, 6.45) is 3.32. The molecule has 0 fully saturated rings. The van der Waals surface area contributed by atoms with Crippen LogP contribution in [0.2, 0.25) is 0 Å². The van der Waals surface area contributed by atoms with Crippen molar-refractivity contribution in [3.05, 3.63) is 72.6 Å². The molecule has 1 amide bonds. The number of anilines is 1. The smallest absolute Gasteiger partial charge is 0.257 e. The summed E-state index contributed by atoms with van der Waals surface area (Å²) in [5, 5.41) is 8.11. The van der Waals surface area contributed by atoms with Gasteiger partial charge in [0.25, 0.3) is 5.91 Å². The Bertz CT molecular complexity index is 1330. The number of H-pyrrole nitrogens is 1. The van der Waals surface area contributed by atoms with E-state index in [-0.39, 0.29) is 11.9 Å². The lowest BCUT2D eigenvalue weighted by Crippen LogP contribution is -2.12. The SMILES string of the molecule is CC(C)n1ncc2cc(C(=O)Nc3ccc(-c4nc5ccccc5[nH]4)cc3)cnc21. The van der Waals surface area contributed by atoms with Crippen LogP contribution in [0.1, 0.15) is 30.2 Å². The first-order chi connectivity index (χ1) is 14.6. The lowest BCUT2D eigenvalue weighted by molar-refractivity contribution is 0.102. The molecule has 7 nitrogen and oxygen atoms in total. The Balaban J connectivity index is 1.35. The van der Waals surface area contributed by atoms with Crippen molar-refractivity contribution in [3.63, 3.8) is 0 Å². The molecule has 5 aromatic rings. The molecule has 30 heavy (non-hydrogen) atoms. The lowest BCUT2D eigenvalue weighted by atomic mass is 10.2. The predicted octanol–water partition coefficient (Wildman–Crippen LogP) is 4.81. The van der Waals surface area contributed by atoms with Crippen molar-refractivity contribution in [1.29, 1.82) is 0 Å². The van der Waals surface area contributed by atoms with Crippen molar-refractivity contribution < 1.29 is 4.79 Å². The third-order valence-corrected chi connectivity index (χ3v) is 4.99. The molecule has 0 aliphatic carbocycles. The van der Waals surface area contributed by atoms with Crippen molar-refractivity contribution in [3.8, 4) is 11.4 Å². The van der Waals surface area contributed by atoms with Crippen LogP contribution in [-0.2, 0) is 0 Å². The summed E-state index contributed by atoms with van der Waals surface area (Å²) >= 11 is 0. The average molecular weight is 396 g/mol. The number of carbonyl (C=O) groups is 1. The third kappa shape index (κ3) is 3.20. The summed E-state index contributed by atoms with van der Waals surface area (Å²) in [7, 11) is 0. The van der Waals surface area contributed by atoms with E-state index in [0.717, 1.165) is 33.5 Å². The van der Waals surface area contributed by atoms with Crippen LogP contribution in [0.25, 0.3) is 33.5 Å². The number of imidazole rings is 1. The summed E-state index contributed by atoms with van der Waals surface area (Å²) in [6.45, 7) is 4.09. The Morgan fingerprint density at radius 1 is 1.07 bits per heavy atom. The summed E-state index contributed by atoms with van der Waals surface area (Å²) in [4.78, 5) is 25.0. The normalized spacial score (nSPS) is 11.4. The van der Waals surface area contributed by atoms with E-state index in [9.17, 15) is 4.79 Å². The molecule has 0 radical (unpaired) electrons. The highest BCUT2D eigenvalue weighted by atomic mass is 16.1. The number of pyridine rings is 1. The number of rotatable bonds is 4. The molecule has 0 saturated heterocycles. The van der Waals surface area contributed by atoms with Crippen LogP contribution in [0.5, 0.6) is 0 Å². The first-order valence-corrected chi connectivity index (χ1v) is 9.78. The molecule has 0 aliphatic rings. The number of aromatic amines is 1. The van der Waals surface area contributed by atoms with Gasteiger partial charge in [-0.1, -0.05) is 12.1 Å². The number of amides is 1. The minimum absolute atomic E-state index is 0.208. The van der Waals surface area contributed by atoms with Crippen molar-refractivity contribution in [2.75, 3.05) is 5.32 Å². The number of hydrogen-bond donors (Lipinski definition) is 2. The molecular weight excluding hydrogens is 376 g/mol. The second-order valence-corrected chi connectivity index (χ2v) is 7.45. The standard InChI is InChI=1S/C23H20N6O/c1-14(2)29-22-16(13-25-29)11-17(12-24-22)23(30)26-18-9-7-15(8-10-18)21-27-19-5-3-4-6-20(19)28-21/h3-14H,1-2H3,(H,26,30)(H,27,28). The average Bonchev–Trinajstić information content (AvgIpc) is 3.38. The zero-order chi connectivity index (χ0) is 20.7. The molecule has 0 unspecified atom stereocenters. The van der Waals surface area contributed by atoms with Gasteiger partial charge in [-0.2, -0.15) is 5.10 Å². The molecule has 2 aromatic carbocycles. The fourth-order valence-corrected chi connectivity index (χ4v) is 3.45. The lowest BCUT2D eigenvalue weighted by Gasteiger charge is -2.08. The van der Waals surface area contributed by atoms with Crippen LogP contribution in [0, 0.1) is 0 Å². The van der Waals surface area contributed by atoms with Gasteiger partial charge >= 0.3 is 0 Å². The maximum atomic E-state index is 12.7. The van der Waals surface area contributed by atoms with Crippen molar-refractivity contribution in [2.24, 2.45) is 0 Å². The van der Waals surface area contributed by atoms with Gasteiger partial charge in [0.1, 0.15) is 5.82 Å². The molecule has 0 spiro atoms. The van der Waals surface area contributed by atoms with Gasteiger partial charge in [0, 0.05) is 28.9 Å². The Morgan fingerprint density at radius 2 is 1.87 bits per heavy atom. The number of fused-ring (bicyclic) bond motifs is 2. The van der Waals surface area contributed by atoms with Crippen molar-refractivity contribution >= 4 is 33.7 Å². The van der Waals surface area contributed by atoms with E-state index >= 15 is 0 Å². The van der Waals surface area contributed by atoms with Crippen LogP contribution >= 0.6 is 0 Å². The topological polar surface area (TPSA) is 88.5 Å². The number of para-hydroxylation sites is 2. The maximum absolute atomic E-state index is 12.7. The van der Waals surface area contributed by atoms with E-state index in [1.807, 2.05) is 73.1 Å². The van der Waals surface area contributed by atoms with Gasteiger partial charge in [-0.25, -0.2) is 14.6 Å². The Labute approximate surface area is 172 Å². The largest absolute Gasteiger partial charge is 0.338 e. The number of nitrogens with zero attached hydrogens (tertiary/aromatic N) is 4. The van der Waals surface area contributed by atoms with Gasteiger partial charge < -0.3 is 10.3 Å². The van der Waals surface area contributed by atoms with E-state index in [0.29, 0.717) is 11.3 Å². The Kier molecular flexibility index (Phi) is 4.28. The van der Waals surface area contributed by atoms with Crippen LogP contribution in [-0.4, -0.2) is 30.6 Å². The quantitative estimate of drug-likeness (QED) is 0.456. The molecule has 0 saturated carbocycles. The van der Waals surface area contributed by atoms with E-state index in [1.54, 1.807) is 12.4 Å². The van der Waals surface area contributed by atoms with E-state index in [2.05, 4.69) is 25.4 Å². The van der Waals surface area contributed by atoms with Gasteiger partial charge in [0.05, 0.1) is 22.8 Å². The van der Waals surface area contributed by atoms with E-state index in [1.165, 1.54) is 0 Å². The fraction of sp³-hybridized carbons (Fsp3) is 0.130. The van der Waals surface area contributed by atoms with Gasteiger partial charge in [0.2, 0.25) is 0 Å². The van der Waals surface area contributed by atoms with Gasteiger partial charge in [-0.15, -0.1) is 0 Å². The number of benzene rings is 2. The number of nitrogens with one attached hydrogen (secondary N) is 2. The van der Waals surface area contributed by atoms with Gasteiger partial charge in [-0.05, 0) is 56.3 Å². The summed E-state index contributed by atoms with van der Waals surface area (Å²) in [5.74, 6) is 0.587. The monoisotopic (exact) mass is 396 g/mol. The molecular formula is C23H20N6O. The molecule has 0 aliphatic heterocycles. The van der Waals surface area contributed by atoms with Gasteiger partial charge in [-0.3, -0.25) is 4.79 Å². The molecule has 7 heteroatoms. The molecule has 0 atom stereocenters. The predicted molar refractivity (Wildman–Crippen MR) is 117 cm³/mol. The highest BCUT2D eigenvalue weighted by molar-refractivity contribution is 6.05. The minimum atomic E-state index is -0.210. The number of aromatic nitrogens is 5. The number of carbonyl (C=O) groups excluding carboxylic acids is 1.